The van der Waals surface area contributed by atoms with Crippen molar-refractivity contribution in [3.05, 3.63) is 28.2 Å². The Hall–Kier alpha value is -0.0700. The number of nitrogens with one attached hydrogen (secondary N) is 1. The summed E-state index contributed by atoms with van der Waals surface area (Å²) in [6.07, 6.45) is -0.317. The molecule has 0 aliphatic heterocycles. The summed E-state index contributed by atoms with van der Waals surface area (Å²) in [4.78, 5) is 1.21. The molecule has 0 saturated heterocycles. The van der Waals surface area contributed by atoms with Gasteiger partial charge in [0.1, 0.15) is 0 Å². The molecule has 0 bridgehead atoms. The van der Waals surface area contributed by atoms with Gasteiger partial charge in [0.2, 0.25) is 0 Å². The van der Waals surface area contributed by atoms with E-state index in [-0.39, 0.29) is 11.4 Å². The molecular formula is C14H22BrNO2S. The van der Waals surface area contributed by atoms with Gasteiger partial charge >= 0.3 is 0 Å². The number of aliphatic hydroxyl groups is 1. The quantitative estimate of drug-likeness (QED) is 0.560. The minimum atomic E-state index is -0.317. The molecule has 2 unspecified atom stereocenters. The van der Waals surface area contributed by atoms with Crippen molar-refractivity contribution < 1.29 is 9.84 Å². The van der Waals surface area contributed by atoms with Crippen LogP contribution in [0.25, 0.3) is 0 Å². The zero-order valence-corrected chi connectivity index (χ0v) is 14.1. The Kier molecular flexibility index (Phi) is 8.02. The molecule has 0 amide bonds. The number of ether oxygens (including phenoxy) is 1. The lowest BCUT2D eigenvalue weighted by Crippen LogP contribution is -2.19. The lowest BCUT2D eigenvalue weighted by atomic mass is 10.2. The van der Waals surface area contributed by atoms with Gasteiger partial charge in [-0.15, -0.1) is 11.8 Å². The molecule has 0 spiro atoms. The Balaban J connectivity index is 2.68. The van der Waals surface area contributed by atoms with E-state index in [0.29, 0.717) is 6.61 Å². The van der Waals surface area contributed by atoms with Crippen LogP contribution in [0, 0.1) is 0 Å². The van der Waals surface area contributed by atoms with E-state index in [1.54, 1.807) is 18.9 Å². The van der Waals surface area contributed by atoms with E-state index in [0.717, 1.165) is 17.6 Å². The number of hydrogen-bond donors (Lipinski definition) is 2. The number of halogens is 1. The second-order valence-corrected chi connectivity index (χ2v) is 6.82. The Bertz CT molecular complexity index is 388. The molecule has 1 aromatic rings. The Morgan fingerprint density at radius 2 is 2.16 bits per heavy atom. The van der Waals surface area contributed by atoms with Crippen molar-refractivity contribution in [1.82, 2.24) is 5.32 Å². The molecule has 0 radical (unpaired) electrons. The highest BCUT2D eigenvalue weighted by atomic mass is 79.9. The highest BCUT2D eigenvalue weighted by Gasteiger charge is 2.13. The zero-order chi connectivity index (χ0) is 14.3. The summed E-state index contributed by atoms with van der Waals surface area (Å²) < 4.78 is 6.09. The van der Waals surface area contributed by atoms with Crippen molar-refractivity contribution in [2.75, 3.05) is 20.3 Å². The highest BCUT2D eigenvalue weighted by molar-refractivity contribution is 9.10. The molecule has 2 N–H and O–H groups in total. The summed E-state index contributed by atoms with van der Waals surface area (Å²) in [5.74, 6) is 0. The van der Waals surface area contributed by atoms with E-state index in [4.69, 9.17) is 4.74 Å². The SMILES string of the molecule is COCCNCc1cc(Br)ccc1SC(C)C(C)O. The number of rotatable bonds is 8. The van der Waals surface area contributed by atoms with Gasteiger partial charge in [0.25, 0.3) is 0 Å². The van der Waals surface area contributed by atoms with Gasteiger partial charge in [-0.2, -0.15) is 0 Å². The third kappa shape index (κ3) is 6.27. The number of aliphatic hydroxyl groups excluding tert-OH is 1. The lowest BCUT2D eigenvalue weighted by molar-refractivity contribution is 0.196. The van der Waals surface area contributed by atoms with E-state index in [1.165, 1.54) is 10.5 Å². The van der Waals surface area contributed by atoms with Crippen LogP contribution >= 0.6 is 27.7 Å². The monoisotopic (exact) mass is 347 g/mol. The molecule has 0 heterocycles. The molecule has 2 atom stereocenters. The van der Waals surface area contributed by atoms with Crippen LogP contribution in [0.5, 0.6) is 0 Å². The molecule has 1 aromatic carbocycles. The molecule has 0 aliphatic rings. The van der Waals surface area contributed by atoms with E-state index in [2.05, 4.69) is 33.4 Å². The number of hydrogen-bond acceptors (Lipinski definition) is 4. The van der Waals surface area contributed by atoms with E-state index >= 15 is 0 Å². The fourth-order valence-corrected chi connectivity index (χ4v) is 2.93. The molecular weight excluding hydrogens is 326 g/mol. The summed E-state index contributed by atoms with van der Waals surface area (Å²) in [6, 6.07) is 6.26. The van der Waals surface area contributed by atoms with Crippen LogP contribution in [-0.2, 0) is 11.3 Å². The second kappa shape index (κ2) is 8.97. The molecule has 0 saturated carbocycles. The Morgan fingerprint density at radius 3 is 2.79 bits per heavy atom. The van der Waals surface area contributed by atoms with E-state index < -0.39 is 0 Å². The largest absolute Gasteiger partial charge is 0.392 e. The van der Waals surface area contributed by atoms with Crippen molar-refractivity contribution in [3.8, 4) is 0 Å². The molecule has 5 heteroatoms. The van der Waals surface area contributed by atoms with Crippen molar-refractivity contribution in [2.45, 2.75) is 36.6 Å². The number of benzene rings is 1. The van der Waals surface area contributed by atoms with Gasteiger partial charge in [-0.25, -0.2) is 0 Å². The third-order valence-electron chi connectivity index (χ3n) is 2.81. The van der Waals surface area contributed by atoms with Crippen LogP contribution in [0.15, 0.2) is 27.6 Å². The van der Waals surface area contributed by atoms with Gasteiger partial charge in [0, 0.05) is 34.8 Å². The molecule has 1 rings (SSSR count). The van der Waals surface area contributed by atoms with Crippen LogP contribution in [0.4, 0.5) is 0 Å². The molecule has 0 aliphatic carbocycles. The molecule has 0 fully saturated rings. The minimum Gasteiger partial charge on any atom is -0.392 e. The fraction of sp³-hybridized carbons (Fsp3) is 0.571. The summed E-state index contributed by atoms with van der Waals surface area (Å²) in [7, 11) is 1.70. The fourth-order valence-electron chi connectivity index (χ4n) is 1.50. The zero-order valence-electron chi connectivity index (χ0n) is 11.6. The van der Waals surface area contributed by atoms with Crippen molar-refractivity contribution in [3.63, 3.8) is 0 Å². The van der Waals surface area contributed by atoms with Gasteiger partial charge in [-0.3, -0.25) is 0 Å². The summed E-state index contributed by atoms with van der Waals surface area (Å²) >= 11 is 5.21. The standard InChI is InChI=1S/C14H22BrNO2S/c1-10(17)11(2)19-14-5-4-13(15)8-12(14)9-16-6-7-18-3/h4-5,8,10-11,16-17H,6-7,9H2,1-3H3. The molecule has 3 nitrogen and oxygen atoms in total. The maximum Gasteiger partial charge on any atom is 0.0631 e. The summed E-state index contributed by atoms with van der Waals surface area (Å²) in [6.45, 7) is 6.21. The smallest absolute Gasteiger partial charge is 0.0631 e. The summed E-state index contributed by atoms with van der Waals surface area (Å²) in [5.41, 5.74) is 1.24. The number of thioether (sulfide) groups is 1. The first-order valence-corrected chi connectivity index (χ1v) is 8.04. The average Bonchev–Trinajstić information content (AvgIpc) is 2.37. The van der Waals surface area contributed by atoms with Gasteiger partial charge in [0.05, 0.1) is 12.7 Å². The minimum absolute atomic E-state index is 0.180. The van der Waals surface area contributed by atoms with Crippen LogP contribution in [0.3, 0.4) is 0 Å². The van der Waals surface area contributed by atoms with Crippen molar-refractivity contribution in [2.24, 2.45) is 0 Å². The third-order valence-corrected chi connectivity index (χ3v) is 4.72. The first-order chi connectivity index (χ1) is 9.04. The van der Waals surface area contributed by atoms with E-state index in [1.807, 2.05) is 19.9 Å². The topological polar surface area (TPSA) is 41.5 Å². The van der Waals surface area contributed by atoms with Crippen LogP contribution in [0.2, 0.25) is 0 Å². The maximum absolute atomic E-state index is 9.61. The highest BCUT2D eigenvalue weighted by Crippen LogP contribution is 2.30. The Labute approximate surface area is 128 Å². The normalized spacial score (nSPS) is 14.4. The molecule has 19 heavy (non-hydrogen) atoms. The Morgan fingerprint density at radius 1 is 1.42 bits per heavy atom. The van der Waals surface area contributed by atoms with Crippen molar-refractivity contribution >= 4 is 27.7 Å². The predicted octanol–water partition coefficient (Wildman–Crippen LogP) is 3.05. The first-order valence-electron chi connectivity index (χ1n) is 6.37. The molecule has 0 aromatic heterocycles. The second-order valence-electron chi connectivity index (χ2n) is 4.49. The average molecular weight is 348 g/mol. The first kappa shape index (κ1) is 17.0. The van der Waals surface area contributed by atoms with Crippen molar-refractivity contribution in [1.29, 1.82) is 0 Å². The van der Waals surface area contributed by atoms with Crippen LogP contribution < -0.4 is 5.32 Å². The maximum atomic E-state index is 9.61. The molecule has 108 valence electrons. The van der Waals surface area contributed by atoms with Gasteiger partial charge in [0.15, 0.2) is 0 Å². The van der Waals surface area contributed by atoms with E-state index in [9.17, 15) is 5.11 Å². The van der Waals surface area contributed by atoms with Gasteiger partial charge < -0.3 is 15.2 Å². The van der Waals surface area contributed by atoms with Gasteiger partial charge in [-0.1, -0.05) is 22.9 Å². The van der Waals surface area contributed by atoms with Gasteiger partial charge in [-0.05, 0) is 30.7 Å². The lowest BCUT2D eigenvalue weighted by Gasteiger charge is -2.17. The van der Waals surface area contributed by atoms with Crippen LogP contribution in [0.1, 0.15) is 19.4 Å². The number of methoxy groups -OCH3 is 1. The summed E-state index contributed by atoms with van der Waals surface area (Å²) in [5, 5.41) is 13.1. The van der Waals surface area contributed by atoms with Crippen LogP contribution in [-0.4, -0.2) is 36.7 Å². The predicted molar refractivity (Wildman–Crippen MR) is 84.7 cm³/mol.